The van der Waals surface area contributed by atoms with Crippen molar-refractivity contribution >= 4 is 10.2 Å². The van der Waals surface area contributed by atoms with Crippen LogP contribution in [0, 0.1) is 5.92 Å². The van der Waals surface area contributed by atoms with Gasteiger partial charge in [-0.15, -0.1) is 0 Å². The fourth-order valence-corrected chi connectivity index (χ4v) is 4.46. The maximum absolute atomic E-state index is 12.3. The molecule has 0 N–H and O–H groups in total. The van der Waals surface area contributed by atoms with Crippen LogP contribution in [0.3, 0.4) is 0 Å². The average Bonchev–Trinajstić information content (AvgIpc) is 2.30. The summed E-state index contributed by atoms with van der Waals surface area (Å²) in [4.78, 5) is 0. The molecule has 16 heavy (non-hydrogen) atoms. The Balaban J connectivity index is 2.05. The van der Waals surface area contributed by atoms with Gasteiger partial charge in [-0.1, -0.05) is 13.3 Å². The van der Waals surface area contributed by atoms with Gasteiger partial charge in [-0.2, -0.15) is 17.0 Å². The molecule has 2 saturated heterocycles. The fourth-order valence-electron chi connectivity index (χ4n) is 2.61. The SMILES string of the molecule is C[C@H]1CCCN(S(=O)(=O)N2CCCCC2)C1. The van der Waals surface area contributed by atoms with Gasteiger partial charge in [0.25, 0.3) is 10.2 Å². The first-order valence-corrected chi connectivity index (χ1v) is 7.75. The molecule has 2 aliphatic rings. The minimum atomic E-state index is -3.15. The second-order valence-corrected chi connectivity index (χ2v) is 7.00. The topological polar surface area (TPSA) is 40.6 Å². The van der Waals surface area contributed by atoms with Crippen LogP contribution in [0.5, 0.6) is 0 Å². The summed E-state index contributed by atoms with van der Waals surface area (Å²) in [5.41, 5.74) is 0. The van der Waals surface area contributed by atoms with E-state index < -0.39 is 10.2 Å². The van der Waals surface area contributed by atoms with Gasteiger partial charge in [0.05, 0.1) is 0 Å². The molecule has 0 spiro atoms. The number of nitrogens with zero attached hydrogens (tertiary/aromatic N) is 2. The lowest BCUT2D eigenvalue weighted by Gasteiger charge is -2.35. The summed E-state index contributed by atoms with van der Waals surface area (Å²) in [6, 6.07) is 0. The summed E-state index contributed by atoms with van der Waals surface area (Å²) < 4.78 is 28.0. The molecule has 0 aromatic carbocycles. The van der Waals surface area contributed by atoms with Crippen molar-refractivity contribution in [3.8, 4) is 0 Å². The highest BCUT2D eigenvalue weighted by Crippen LogP contribution is 2.22. The van der Waals surface area contributed by atoms with Crippen LogP contribution in [0.25, 0.3) is 0 Å². The molecular weight excluding hydrogens is 224 g/mol. The van der Waals surface area contributed by atoms with Crippen molar-refractivity contribution in [2.24, 2.45) is 5.92 Å². The van der Waals surface area contributed by atoms with Crippen LogP contribution < -0.4 is 0 Å². The molecule has 0 radical (unpaired) electrons. The Kier molecular flexibility index (Phi) is 3.87. The number of hydrogen-bond acceptors (Lipinski definition) is 2. The average molecular weight is 246 g/mol. The van der Waals surface area contributed by atoms with Crippen LogP contribution >= 0.6 is 0 Å². The molecule has 94 valence electrons. The predicted octanol–water partition coefficient (Wildman–Crippen LogP) is 1.45. The van der Waals surface area contributed by atoms with Crippen molar-refractivity contribution in [3.05, 3.63) is 0 Å². The summed E-state index contributed by atoms with van der Waals surface area (Å²) in [5.74, 6) is 0.508. The zero-order valence-corrected chi connectivity index (χ0v) is 10.9. The van der Waals surface area contributed by atoms with Gasteiger partial charge in [-0.3, -0.25) is 0 Å². The number of piperidine rings is 2. The minimum Gasteiger partial charge on any atom is -0.195 e. The van der Waals surface area contributed by atoms with Crippen LogP contribution in [0.4, 0.5) is 0 Å². The van der Waals surface area contributed by atoms with Gasteiger partial charge in [0, 0.05) is 26.2 Å². The van der Waals surface area contributed by atoms with Gasteiger partial charge in [-0.05, 0) is 31.6 Å². The monoisotopic (exact) mass is 246 g/mol. The van der Waals surface area contributed by atoms with Gasteiger partial charge in [-0.25, -0.2) is 0 Å². The van der Waals surface area contributed by atoms with Crippen LogP contribution in [-0.2, 0) is 10.2 Å². The Morgan fingerprint density at radius 1 is 0.938 bits per heavy atom. The van der Waals surface area contributed by atoms with Crippen molar-refractivity contribution in [1.29, 1.82) is 0 Å². The summed E-state index contributed by atoms with van der Waals surface area (Å²) in [7, 11) is -3.15. The molecule has 0 aromatic heterocycles. The Hall–Kier alpha value is -0.130. The minimum absolute atomic E-state index is 0.508. The Morgan fingerprint density at radius 2 is 1.56 bits per heavy atom. The number of hydrogen-bond donors (Lipinski definition) is 0. The van der Waals surface area contributed by atoms with Crippen molar-refractivity contribution in [3.63, 3.8) is 0 Å². The third kappa shape index (κ3) is 2.57. The first kappa shape index (κ1) is 12.3. The fraction of sp³-hybridized carbons (Fsp3) is 1.00. The molecule has 5 heteroatoms. The third-order valence-electron chi connectivity index (χ3n) is 3.59. The summed E-state index contributed by atoms with van der Waals surface area (Å²) >= 11 is 0. The maximum Gasteiger partial charge on any atom is 0.281 e. The quantitative estimate of drug-likeness (QED) is 0.740. The first-order chi connectivity index (χ1) is 7.60. The molecular formula is C11H22N2O2S. The Labute approximate surface area is 98.8 Å². The van der Waals surface area contributed by atoms with Crippen LogP contribution in [0.15, 0.2) is 0 Å². The molecule has 0 unspecified atom stereocenters. The van der Waals surface area contributed by atoms with Crippen molar-refractivity contribution in [2.75, 3.05) is 26.2 Å². The van der Waals surface area contributed by atoms with E-state index in [0.29, 0.717) is 32.1 Å². The third-order valence-corrected chi connectivity index (χ3v) is 5.59. The Bertz CT molecular complexity index is 323. The van der Waals surface area contributed by atoms with Crippen LogP contribution in [0.2, 0.25) is 0 Å². The zero-order valence-electron chi connectivity index (χ0n) is 10.1. The van der Waals surface area contributed by atoms with Crippen molar-refractivity contribution in [1.82, 2.24) is 8.61 Å². The molecule has 0 aromatic rings. The number of rotatable bonds is 2. The van der Waals surface area contributed by atoms with E-state index in [1.54, 1.807) is 8.61 Å². The second kappa shape index (κ2) is 5.02. The van der Waals surface area contributed by atoms with E-state index in [-0.39, 0.29) is 0 Å². The lowest BCUT2D eigenvalue weighted by Crippen LogP contribution is -2.49. The van der Waals surface area contributed by atoms with Crippen LogP contribution in [0.1, 0.15) is 39.0 Å². The molecule has 1 atom stereocenters. The summed E-state index contributed by atoms with van der Waals surface area (Å²) in [6.45, 7) is 4.99. The summed E-state index contributed by atoms with van der Waals surface area (Å²) in [6.07, 6.45) is 5.37. The van der Waals surface area contributed by atoms with E-state index >= 15 is 0 Å². The maximum atomic E-state index is 12.3. The standard InChI is InChI=1S/C11H22N2O2S/c1-11-6-5-9-13(10-11)16(14,15)12-7-3-2-4-8-12/h11H,2-10H2,1H3/t11-/m0/s1. The van der Waals surface area contributed by atoms with E-state index in [4.69, 9.17) is 0 Å². The predicted molar refractivity (Wildman–Crippen MR) is 64.3 cm³/mol. The van der Waals surface area contributed by atoms with E-state index in [0.717, 1.165) is 25.7 Å². The van der Waals surface area contributed by atoms with E-state index in [9.17, 15) is 8.42 Å². The van der Waals surface area contributed by atoms with E-state index in [1.807, 2.05) is 0 Å². The molecule has 0 saturated carbocycles. The van der Waals surface area contributed by atoms with Crippen molar-refractivity contribution < 1.29 is 8.42 Å². The molecule has 4 nitrogen and oxygen atoms in total. The van der Waals surface area contributed by atoms with E-state index in [1.165, 1.54) is 6.42 Å². The summed E-state index contributed by atoms with van der Waals surface area (Å²) in [5, 5.41) is 0. The second-order valence-electron chi connectivity index (χ2n) is 5.07. The Morgan fingerprint density at radius 3 is 2.19 bits per heavy atom. The molecule has 0 bridgehead atoms. The zero-order chi connectivity index (χ0) is 11.6. The van der Waals surface area contributed by atoms with Crippen LogP contribution in [-0.4, -0.2) is 43.2 Å². The highest BCUT2D eigenvalue weighted by atomic mass is 32.2. The normalized spacial score (nSPS) is 30.4. The van der Waals surface area contributed by atoms with Gasteiger partial charge in [0.1, 0.15) is 0 Å². The molecule has 2 rings (SSSR count). The van der Waals surface area contributed by atoms with E-state index in [2.05, 4.69) is 6.92 Å². The largest absolute Gasteiger partial charge is 0.281 e. The molecule has 0 aliphatic carbocycles. The molecule has 2 fully saturated rings. The molecule has 2 aliphatic heterocycles. The smallest absolute Gasteiger partial charge is 0.195 e. The molecule has 2 heterocycles. The lowest BCUT2D eigenvalue weighted by molar-refractivity contribution is 0.247. The first-order valence-electron chi connectivity index (χ1n) is 6.36. The lowest BCUT2D eigenvalue weighted by atomic mass is 10.0. The highest BCUT2D eigenvalue weighted by molar-refractivity contribution is 7.86. The van der Waals surface area contributed by atoms with Gasteiger partial charge >= 0.3 is 0 Å². The van der Waals surface area contributed by atoms with Gasteiger partial charge in [0.15, 0.2) is 0 Å². The highest BCUT2D eigenvalue weighted by Gasteiger charge is 2.32. The van der Waals surface area contributed by atoms with Gasteiger partial charge in [0.2, 0.25) is 0 Å². The van der Waals surface area contributed by atoms with Crippen molar-refractivity contribution in [2.45, 2.75) is 39.0 Å². The molecule has 0 amide bonds. The van der Waals surface area contributed by atoms with Gasteiger partial charge < -0.3 is 0 Å².